The smallest absolute Gasteiger partial charge is 0.282 e. The summed E-state index contributed by atoms with van der Waals surface area (Å²) in [5, 5.41) is 0. The van der Waals surface area contributed by atoms with E-state index in [1.807, 2.05) is 26.8 Å². The molecule has 0 radical (unpaired) electrons. The zero-order valence-electron chi connectivity index (χ0n) is 9.19. The van der Waals surface area contributed by atoms with E-state index in [-0.39, 0.29) is 10.8 Å². The fourth-order valence-corrected chi connectivity index (χ4v) is 2.31. The molecule has 0 saturated heterocycles. The van der Waals surface area contributed by atoms with Crippen molar-refractivity contribution in [1.29, 1.82) is 0 Å². The van der Waals surface area contributed by atoms with E-state index in [0.29, 0.717) is 5.56 Å². The quantitative estimate of drug-likeness (QED) is 0.809. The molecule has 0 aliphatic rings. The van der Waals surface area contributed by atoms with Gasteiger partial charge in [0.15, 0.2) is 0 Å². The highest BCUT2D eigenvalue weighted by atomic mass is 32.2. The molecule has 0 saturated carbocycles. The van der Waals surface area contributed by atoms with Gasteiger partial charge in [-0.05, 0) is 30.9 Å². The molecule has 0 aliphatic heterocycles. The standard InChI is InChI=1S/C11H16O3S/c1-4-9(3)10-7-8(2)5-6-11(10)15(12,13)14/h5-7,9H,4H2,1-3H3,(H,12,13,14)/t9-/m0/s1. The zero-order chi connectivity index (χ0) is 11.6. The third-order valence-corrected chi connectivity index (χ3v) is 3.51. The molecule has 0 aromatic heterocycles. The second-order valence-electron chi connectivity index (χ2n) is 3.83. The topological polar surface area (TPSA) is 54.4 Å². The molecule has 0 aliphatic carbocycles. The third kappa shape index (κ3) is 2.79. The van der Waals surface area contributed by atoms with Crippen molar-refractivity contribution < 1.29 is 13.0 Å². The first-order valence-corrected chi connectivity index (χ1v) is 6.38. The minimum Gasteiger partial charge on any atom is -0.282 e. The van der Waals surface area contributed by atoms with Gasteiger partial charge in [0.05, 0.1) is 4.90 Å². The van der Waals surface area contributed by atoms with Crippen LogP contribution in [0.2, 0.25) is 0 Å². The zero-order valence-corrected chi connectivity index (χ0v) is 10.0. The van der Waals surface area contributed by atoms with Crippen molar-refractivity contribution in [2.24, 2.45) is 0 Å². The molecular weight excluding hydrogens is 212 g/mol. The first-order chi connectivity index (χ1) is 6.86. The van der Waals surface area contributed by atoms with Crippen LogP contribution in [0.25, 0.3) is 0 Å². The molecule has 1 aromatic rings. The van der Waals surface area contributed by atoms with Crippen molar-refractivity contribution in [3.8, 4) is 0 Å². The Morgan fingerprint density at radius 2 is 2.00 bits per heavy atom. The Morgan fingerprint density at radius 3 is 2.47 bits per heavy atom. The van der Waals surface area contributed by atoms with Crippen LogP contribution >= 0.6 is 0 Å². The Morgan fingerprint density at radius 1 is 1.40 bits per heavy atom. The molecule has 0 unspecified atom stereocenters. The van der Waals surface area contributed by atoms with Crippen molar-refractivity contribution in [2.45, 2.75) is 38.0 Å². The molecule has 1 N–H and O–H groups in total. The summed E-state index contributed by atoms with van der Waals surface area (Å²) in [5.41, 5.74) is 1.69. The van der Waals surface area contributed by atoms with Crippen LogP contribution in [0, 0.1) is 6.92 Å². The van der Waals surface area contributed by atoms with Gasteiger partial charge in [-0.15, -0.1) is 0 Å². The molecule has 0 fully saturated rings. The first kappa shape index (κ1) is 12.2. The SMILES string of the molecule is CC[C@H](C)c1cc(C)ccc1S(=O)(=O)O. The Labute approximate surface area is 90.9 Å². The monoisotopic (exact) mass is 228 g/mol. The summed E-state index contributed by atoms with van der Waals surface area (Å²) in [5.74, 6) is 0.127. The number of benzene rings is 1. The molecule has 0 amide bonds. The van der Waals surface area contributed by atoms with Gasteiger partial charge in [0.1, 0.15) is 0 Å². The van der Waals surface area contributed by atoms with Crippen molar-refractivity contribution in [3.63, 3.8) is 0 Å². The summed E-state index contributed by atoms with van der Waals surface area (Å²) < 4.78 is 31.4. The highest BCUT2D eigenvalue weighted by molar-refractivity contribution is 7.85. The molecule has 1 rings (SSSR count). The number of hydrogen-bond acceptors (Lipinski definition) is 2. The lowest BCUT2D eigenvalue weighted by molar-refractivity contribution is 0.480. The van der Waals surface area contributed by atoms with E-state index < -0.39 is 10.1 Å². The summed E-state index contributed by atoms with van der Waals surface area (Å²) in [6.07, 6.45) is 0.839. The van der Waals surface area contributed by atoms with Gasteiger partial charge in [-0.2, -0.15) is 8.42 Å². The molecular formula is C11H16O3S. The lowest BCUT2D eigenvalue weighted by Crippen LogP contribution is -2.05. The molecule has 0 spiro atoms. The van der Waals surface area contributed by atoms with Crippen molar-refractivity contribution >= 4 is 10.1 Å². The van der Waals surface area contributed by atoms with E-state index in [1.165, 1.54) is 6.07 Å². The maximum atomic E-state index is 11.1. The van der Waals surface area contributed by atoms with Crippen molar-refractivity contribution in [3.05, 3.63) is 29.3 Å². The Kier molecular flexibility index (Phi) is 3.52. The van der Waals surface area contributed by atoms with E-state index in [0.717, 1.165) is 12.0 Å². The fourth-order valence-electron chi connectivity index (χ4n) is 1.51. The largest absolute Gasteiger partial charge is 0.294 e. The van der Waals surface area contributed by atoms with Crippen LogP contribution in [0.4, 0.5) is 0 Å². The molecule has 4 heteroatoms. The van der Waals surface area contributed by atoms with Crippen LogP contribution in [0.1, 0.15) is 37.3 Å². The van der Waals surface area contributed by atoms with E-state index in [9.17, 15) is 8.42 Å². The van der Waals surface area contributed by atoms with Crippen LogP contribution < -0.4 is 0 Å². The summed E-state index contributed by atoms with van der Waals surface area (Å²) in [4.78, 5) is 0.0300. The fraction of sp³-hybridized carbons (Fsp3) is 0.455. The molecule has 1 atom stereocenters. The van der Waals surface area contributed by atoms with E-state index in [2.05, 4.69) is 0 Å². The molecule has 15 heavy (non-hydrogen) atoms. The molecule has 1 aromatic carbocycles. The minimum atomic E-state index is -4.11. The highest BCUT2D eigenvalue weighted by Crippen LogP contribution is 2.26. The van der Waals surface area contributed by atoms with Crippen LogP contribution in [0.15, 0.2) is 23.1 Å². The molecule has 84 valence electrons. The second-order valence-corrected chi connectivity index (χ2v) is 5.22. The van der Waals surface area contributed by atoms with Crippen LogP contribution in [-0.2, 0) is 10.1 Å². The Bertz CT molecular complexity index is 449. The number of hydrogen-bond donors (Lipinski definition) is 1. The van der Waals surface area contributed by atoms with Gasteiger partial charge in [-0.3, -0.25) is 4.55 Å². The average molecular weight is 228 g/mol. The van der Waals surface area contributed by atoms with Crippen LogP contribution in [-0.4, -0.2) is 13.0 Å². The van der Waals surface area contributed by atoms with E-state index >= 15 is 0 Å². The first-order valence-electron chi connectivity index (χ1n) is 4.94. The predicted molar refractivity (Wildman–Crippen MR) is 59.7 cm³/mol. The summed E-state index contributed by atoms with van der Waals surface area (Å²) in [6.45, 7) is 5.84. The van der Waals surface area contributed by atoms with E-state index in [4.69, 9.17) is 4.55 Å². The van der Waals surface area contributed by atoms with Gasteiger partial charge in [0.25, 0.3) is 10.1 Å². The predicted octanol–water partition coefficient (Wildman–Crippen LogP) is 2.76. The lowest BCUT2D eigenvalue weighted by Gasteiger charge is -2.13. The van der Waals surface area contributed by atoms with Gasteiger partial charge in [-0.1, -0.05) is 31.5 Å². The Balaban J connectivity index is 3.40. The lowest BCUT2D eigenvalue weighted by atomic mass is 9.97. The maximum absolute atomic E-state index is 11.1. The normalized spacial score (nSPS) is 13.9. The molecule has 3 nitrogen and oxygen atoms in total. The second kappa shape index (κ2) is 4.33. The number of rotatable bonds is 3. The van der Waals surface area contributed by atoms with Crippen LogP contribution in [0.5, 0.6) is 0 Å². The third-order valence-electron chi connectivity index (χ3n) is 2.59. The summed E-state index contributed by atoms with van der Waals surface area (Å²) in [7, 11) is -4.11. The Hall–Kier alpha value is -0.870. The van der Waals surface area contributed by atoms with Gasteiger partial charge >= 0.3 is 0 Å². The summed E-state index contributed by atoms with van der Waals surface area (Å²) >= 11 is 0. The van der Waals surface area contributed by atoms with Crippen LogP contribution in [0.3, 0.4) is 0 Å². The minimum absolute atomic E-state index is 0.0300. The molecule has 0 bridgehead atoms. The molecule has 0 heterocycles. The highest BCUT2D eigenvalue weighted by Gasteiger charge is 2.18. The van der Waals surface area contributed by atoms with Gasteiger partial charge in [0, 0.05) is 0 Å². The van der Waals surface area contributed by atoms with Crippen molar-refractivity contribution in [1.82, 2.24) is 0 Å². The summed E-state index contributed by atoms with van der Waals surface area (Å²) in [6, 6.07) is 4.97. The number of aryl methyl sites for hydroxylation is 1. The maximum Gasteiger partial charge on any atom is 0.294 e. The van der Waals surface area contributed by atoms with Gasteiger partial charge in [0.2, 0.25) is 0 Å². The van der Waals surface area contributed by atoms with E-state index in [1.54, 1.807) is 6.07 Å². The van der Waals surface area contributed by atoms with Gasteiger partial charge in [-0.25, -0.2) is 0 Å². The van der Waals surface area contributed by atoms with Crippen molar-refractivity contribution in [2.75, 3.05) is 0 Å². The average Bonchev–Trinajstić information content (AvgIpc) is 2.14. The van der Waals surface area contributed by atoms with Gasteiger partial charge < -0.3 is 0 Å².